The lowest BCUT2D eigenvalue weighted by atomic mass is 10.1. The van der Waals surface area contributed by atoms with Crippen LogP contribution in [0.5, 0.6) is 11.5 Å². The number of hydrogen-bond acceptors (Lipinski definition) is 7. The number of anilines is 1. The van der Waals surface area contributed by atoms with Gasteiger partial charge in [0, 0.05) is 29.7 Å². The third-order valence-corrected chi connectivity index (χ3v) is 6.72. The molecule has 0 aliphatic carbocycles. The van der Waals surface area contributed by atoms with E-state index in [1.807, 2.05) is 25.2 Å². The normalized spacial score (nSPS) is 12.4. The Morgan fingerprint density at radius 1 is 0.972 bits per heavy atom. The lowest BCUT2D eigenvalue weighted by Crippen LogP contribution is -2.17. The zero-order chi connectivity index (χ0) is 25.5. The number of ether oxygens (including phenoxy) is 2. The number of rotatable bonds is 6. The lowest BCUT2D eigenvalue weighted by molar-refractivity contribution is 0.112. The summed E-state index contributed by atoms with van der Waals surface area (Å²) in [4.78, 5) is 25.9. The van der Waals surface area contributed by atoms with Gasteiger partial charge in [-0.25, -0.2) is 8.42 Å². The van der Waals surface area contributed by atoms with Crippen LogP contribution < -0.4 is 24.9 Å². The molecule has 0 saturated heterocycles. The van der Waals surface area contributed by atoms with Gasteiger partial charge in [0.25, 0.3) is 10.0 Å². The molecule has 186 valence electrons. The number of aldehydes is 1. The molecule has 3 aromatic carbocycles. The molecule has 10 heteroatoms. The maximum atomic E-state index is 12.7. The quantitative estimate of drug-likeness (QED) is 0.342. The Balaban J connectivity index is 0.000000286. The summed E-state index contributed by atoms with van der Waals surface area (Å²) >= 11 is 0. The number of fused-ring (bicyclic) bond motifs is 2. The molecule has 0 fully saturated rings. The number of hydrogen-bond donors (Lipinski definition) is 3. The minimum Gasteiger partial charge on any atom is -0.486 e. The number of sulfonamides is 1. The molecule has 3 N–H and O–H groups in total. The highest BCUT2D eigenvalue weighted by atomic mass is 32.2. The number of nitrogens with one attached hydrogen (secondary N) is 3. The fourth-order valence-corrected chi connectivity index (χ4v) is 4.66. The largest absolute Gasteiger partial charge is 0.486 e. The third-order valence-electron chi connectivity index (χ3n) is 5.34. The van der Waals surface area contributed by atoms with Gasteiger partial charge in [0.2, 0.25) is 0 Å². The molecule has 4 aromatic rings. The molecule has 1 aliphatic heterocycles. The van der Waals surface area contributed by atoms with Crippen molar-refractivity contribution in [1.82, 2.24) is 10.3 Å². The zero-order valence-electron chi connectivity index (χ0n) is 19.5. The van der Waals surface area contributed by atoms with E-state index in [2.05, 4.69) is 27.2 Å². The number of H-pyrrole nitrogens is 1. The number of carbonyl (C=O) groups is 1. The molecule has 0 saturated carbocycles. The van der Waals surface area contributed by atoms with Crippen LogP contribution in [0.1, 0.15) is 15.9 Å². The SMILES string of the molecule is CNCc1ccccc1.O=Cc1c[nH]c2ccc(S(=O)(=O)Nc3ccc4c(c3)OCCO4)cc2c1=O. The predicted octanol–water partition coefficient (Wildman–Crippen LogP) is 3.32. The van der Waals surface area contributed by atoms with Crippen molar-refractivity contribution in [3.05, 3.63) is 94.3 Å². The van der Waals surface area contributed by atoms with Gasteiger partial charge in [-0.3, -0.25) is 14.3 Å². The van der Waals surface area contributed by atoms with Gasteiger partial charge >= 0.3 is 0 Å². The Hall–Kier alpha value is -4.15. The van der Waals surface area contributed by atoms with Gasteiger partial charge in [0.05, 0.1) is 16.1 Å². The molecule has 1 aliphatic rings. The van der Waals surface area contributed by atoms with Gasteiger partial charge in [-0.05, 0) is 42.9 Å². The molecular formula is C26H25N3O6S. The van der Waals surface area contributed by atoms with Crippen molar-refractivity contribution in [2.24, 2.45) is 0 Å². The molecule has 0 amide bonds. The van der Waals surface area contributed by atoms with Gasteiger partial charge in [-0.15, -0.1) is 0 Å². The predicted molar refractivity (Wildman–Crippen MR) is 137 cm³/mol. The number of benzene rings is 3. The average molecular weight is 508 g/mol. The van der Waals surface area contributed by atoms with Crippen molar-refractivity contribution in [2.75, 3.05) is 25.0 Å². The first-order valence-electron chi connectivity index (χ1n) is 11.1. The van der Waals surface area contributed by atoms with E-state index in [0.717, 1.165) is 6.54 Å². The Kier molecular flexibility index (Phi) is 7.67. The molecule has 5 rings (SSSR count). The van der Waals surface area contributed by atoms with E-state index in [1.54, 1.807) is 12.1 Å². The minimum atomic E-state index is -3.96. The Morgan fingerprint density at radius 3 is 2.44 bits per heavy atom. The molecule has 0 radical (unpaired) electrons. The minimum absolute atomic E-state index is 0.0724. The summed E-state index contributed by atoms with van der Waals surface area (Å²) < 4.78 is 38.7. The highest BCUT2D eigenvalue weighted by Crippen LogP contribution is 2.33. The van der Waals surface area contributed by atoms with Crippen molar-refractivity contribution < 1.29 is 22.7 Å². The van der Waals surface area contributed by atoms with E-state index >= 15 is 0 Å². The number of carbonyl (C=O) groups excluding carboxylic acids is 1. The van der Waals surface area contributed by atoms with Crippen LogP contribution in [0.2, 0.25) is 0 Å². The first-order valence-corrected chi connectivity index (χ1v) is 12.6. The number of pyridine rings is 1. The van der Waals surface area contributed by atoms with Crippen LogP contribution in [-0.2, 0) is 16.6 Å². The van der Waals surface area contributed by atoms with Crippen molar-refractivity contribution in [3.8, 4) is 11.5 Å². The molecule has 0 atom stereocenters. The maximum absolute atomic E-state index is 12.7. The van der Waals surface area contributed by atoms with Gasteiger partial charge in [0.15, 0.2) is 23.2 Å². The fraction of sp³-hybridized carbons (Fsp3) is 0.154. The Labute approximate surface area is 208 Å². The van der Waals surface area contributed by atoms with Crippen LogP contribution in [0.25, 0.3) is 10.9 Å². The second-order valence-corrected chi connectivity index (χ2v) is 9.56. The van der Waals surface area contributed by atoms with Crippen LogP contribution in [0.15, 0.2) is 82.6 Å². The molecule has 1 aromatic heterocycles. The standard InChI is InChI=1S/C18H14N2O6S.C8H11N/c21-10-11-9-19-15-3-2-13(8-14(15)18(11)22)27(23,24)20-12-1-4-16-17(7-12)26-6-5-25-16;1-9-7-8-5-3-2-4-6-8/h1-4,7-10,20H,5-6H2,(H,19,22);2-6,9H,7H2,1H3. The Bertz CT molecular complexity index is 1530. The van der Waals surface area contributed by atoms with Gasteiger partial charge in [-0.1, -0.05) is 30.3 Å². The molecule has 0 bridgehead atoms. The fourth-order valence-electron chi connectivity index (χ4n) is 3.59. The summed E-state index contributed by atoms with van der Waals surface area (Å²) in [6.07, 6.45) is 1.71. The van der Waals surface area contributed by atoms with Crippen LogP contribution in [0, 0.1) is 0 Å². The first kappa shape index (κ1) is 25.0. The molecule has 0 unspecified atom stereocenters. The van der Waals surface area contributed by atoms with Crippen LogP contribution in [0.4, 0.5) is 5.69 Å². The summed E-state index contributed by atoms with van der Waals surface area (Å²) in [5, 5.41) is 3.20. The lowest BCUT2D eigenvalue weighted by Gasteiger charge is -2.19. The van der Waals surface area contributed by atoms with Crippen LogP contribution in [0.3, 0.4) is 0 Å². The van der Waals surface area contributed by atoms with E-state index in [4.69, 9.17) is 9.47 Å². The van der Waals surface area contributed by atoms with E-state index in [0.29, 0.717) is 42.2 Å². The summed E-state index contributed by atoms with van der Waals surface area (Å²) in [6, 6.07) is 19.1. The van der Waals surface area contributed by atoms with Gasteiger partial charge in [0.1, 0.15) is 13.2 Å². The van der Waals surface area contributed by atoms with E-state index in [9.17, 15) is 18.0 Å². The second-order valence-electron chi connectivity index (χ2n) is 7.88. The molecule has 36 heavy (non-hydrogen) atoms. The summed E-state index contributed by atoms with van der Waals surface area (Å²) in [5.74, 6) is 0.995. The first-order chi connectivity index (χ1) is 17.4. The number of aromatic nitrogens is 1. The third kappa shape index (κ3) is 5.73. The molecule has 2 heterocycles. The van der Waals surface area contributed by atoms with Crippen molar-refractivity contribution in [3.63, 3.8) is 0 Å². The summed E-state index contributed by atoms with van der Waals surface area (Å²) in [6.45, 7) is 1.78. The van der Waals surface area contributed by atoms with Crippen molar-refractivity contribution >= 4 is 32.9 Å². The maximum Gasteiger partial charge on any atom is 0.261 e. The summed E-state index contributed by atoms with van der Waals surface area (Å²) in [5.41, 5.74) is 1.46. The molecule has 0 spiro atoms. The monoisotopic (exact) mass is 507 g/mol. The summed E-state index contributed by atoms with van der Waals surface area (Å²) in [7, 11) is -2.00. The highest BCUT2D eigenvalue weighted by Gasteiger charge is 2.18. The average Bonchev–Trinajstić information content (AvgIpc) is 2.90. The van der Waals surface area contributed by atoms with E-state index in [-0.39, 0.29) is 15.8 Å². The Morgan fingerprint density at radius 2 is 1.72 bits per heavy atom. The van der Waals surface area contributed by atoms with E-state index < -0.39 is 15.5 Å². The smallest absolute Gasteiger partial charge is 0.261 e. The molecule has 9 nitrogen and oxygen atoms in total. The topological polar surface area (TPSA) is 127 Å². The van der Waals surface area contributed by atoms with Crippen molar-refractivity contribution in [1.29, 1.82) is 0 Å². The van der Waals surface area contributed by atoms with Crippen LogP contribution >= 0.6 is 0 Å². The zero-order valence-corrected chi connectivity index (χ0v) is 20.3. The number of aromatic amines is 1. The van der Waals surface area contributed by atoms with Gasteiger partial charge in [-0.2, -0.15) is 0 Å². The van der Waals surface area contributed by atoms with Gasteiger partial charge < -0.3 is 19.8 Å². The van der Waals surface area contributed by atoms with Crippen LogP contribution in [-0.4, -0.2) is 39.9 Å². The van der Waals surface area contributed by atoms with Crippen molar-refractivity contribution in [2.45, 2.75) is 11.4 Å². The highest BCUT2D eigenvalue weighted by molar-refractivity contribution is 7.92. The molecular weight excluding hydrogens is 482 g/mol. The second kappa shape index (κ2) is 11.1. The van der Waals surface area contributed by atoms with E-state index in [1.165, 1.54) is 36.0 Å².